The summed E-state index contributed by atoms with van der Waals surface area (Å²) in [6.07, 6.45) is -0.462. The van der Waals surface area contributed by atoms with Gasteiger partial charge in [0.2, 0.25) is 0 Å². The Morgan fingerprint density at radius 2 is 1.46 bits per heavy atom. The number of rotatable bonds is 17. The molecule has 1 aromatic heterocycles. The number of amides is 1. The van der Waals surface area contributed by atoms with Crippen LogP contribution in [0.1, 0.15) is 62.0 Å². The molecule has 3 atom stereocenters. The summed E-state index contributed by atoms with van der Waals surface area (Å²) >= 11 is 5.54. The Morgan fingerprint density at radius 1 is 0.846 bits per heavy atom. The van der Waals surface area contributed by atoms with Gasteiger partial charge in [-0.3, -0.25) is 9.59 Å². The summed E-state index contributed by atoms with van der Waals surface area (Å²) in [5.74, 6) is -1.53. The molecule has 3 aromatic carbocycles. The zero-order valence-corrected chi connectivity index (χ0v) is 30.1. The molecule has 0 aliphatic rings. The first-order valence-electron chi connectivity index (χ1n) is 17.0. The molecule has 0 bridgehead atoms. The van der Waals surface area contributed by atoms with E-state index in [0.29, 0.717) is 28.1 Å². The second-order valence-electron chi connectivity index (χ2n) is 12.4. The largest absolute Gasteiger partial charge is 0.510 e. The predicted octanol–water partition coefficient (Wildman–Crippen LogP) is 8.07. The lowest BCUT2D eigenvalue weighted by Gasteiger charge is -2.20. The lowest BCUT2D eigenvalue weighted by atomic mass is 9.94. The van der Waals surface area contributed by atoms with Crippen LogP contribution in [0.2, 0.25) is 0 Å². The average Bonchev–Trinajstić information content (AvgIpc) is 3.45. The van der Waals surface area contributed by atoms with Crippen molar-refractivity contribution in [2.75, 3.05) is 18.5 Å². The normalized spacial score (nSPS) is 13.1. The first kappa shape index (κ1) is 39.8. The van der Waals surface area contributed by atoms with Crippen LogP contribution in [0.5, 0.6) is 0 Å². The number of halogens is 2. The zero-order valence-electron chi connectivity index (χ0n) is 29.3. The van der Waals surface area contributed by atoms with Crippen LogP contribution in [0.3, 0.4) is 0 Å². The molecule has 4 rings (SSSR count). The topological polar surface area (TPSA) is 136 Å². The molecule has 0 saturated carbocycles. The highest BCUT2D eigenvalue weighted by atomic mass is 35.5. The fourth-order valence-corrected chi connectivity index (χ4v) is 5.89. The van der Waals surface area contributed by atoms with E-state index in [9.17, 15) is 29.0 Å². The van der Waals surface area contributed by atoms with Gasteiger partial charge in [0.1, 0.15) is 19.0 Å². The number of benzene rings is 3. The van der Waals surface area contributed by atoms with Crippen molar-refractivity contribution in [1.82, 2.24) is 4.57 Å². The highest BCUT2D eigenvalue weighted by Gasteiger charge is 2.31. The van der Waals surface area contributed by atoms with E-state index < -0.39 is 35.7 Å². The lowest BCUT2D eigenvalue weighted by molar-refractivity contribution is -0.145. The quantitative estimate of drug-likeness (QED) is 0.0563. The van der Waals surface area contributed by atoms with E-state index in [4.69, 9.17) is 21.1 Å². The molecule has 0 fully saturated rings. The fraction of sp³-hybridized carbons (Fsp3) is 0.325. The number of ether oxygens (including phenoxy) is 3. The number of nitrogens with zero attached hydrogens (tertiary/aromatic N) is 1. The van der Waals surface area contributed by atoms with Gasteiger partial charge < -0.3 is 34.3 Å². The molecule has 0 saturated heterocycles. The van der Waals surface area contributed by atoms with E-state index in [0.717, 1.165) is 11.3 Å². The van der Waals surface area contributed by atoms with Crippen LogP contribution in [0.25, 0.3) is 22.4 Å². The van der Waals surface area contributed by atoms with Gasteiger partial charge in [0.25, 0.3) is 5.91 Å². The third-order valence-electron chi connectivity index (χ3n) is 7.98. The van der Waals surface area contributed by atoms with Gasteiger partial charge in [-0.05, 0) is 85.4 Å². The number of alkyl halides is 1. The van der Waals surface area contributed by atoms with Crippen LogP contribution in [-0.4, -0.2) is 63.8 Å². The molecule has 0 radical (unpaired) electrons. The van der Waals surface area contributed by atoms with Gasteiger partial charge in [0.15, 0.2) is 5.56 Å². The molecule has 0 aliphatic carbocycles. The van der Waals surface area contributed by atoms with Crippen molar-refractivity contribution in [3.05, 3.63) is 114 Å². The van der Waals surface area contributed by atoms with E-state index in [1.54, 1.807) is 24.3 Å². The molecule has 3 N–H and O–H groups in total. The summed E-state index contributed by atoms with van der Waals surface area (Å²) < 4.78 is 30.7. The molecule has 52 heavy (non-hydrogen) atoms. The summed E-state index contributed by atoms with van der Waals surface area (Å²) in [6.45, 7) is 5.47. The Hall–Kier alpha value is -4.97. The van der Waals surface area contributed by atoms with Crippen LogP contribution < -0.4 is 5.32 Å². The molecule has 1 heterocycles. The summed E-state index contributed by atoms with van der Waals surface area (Å²) in [7, 11) is 0. The van der Waals surface area contributed by atoms with E-state index >= 15 is 0 Å². The number of nitrogens with one attached hydrogen (secondary N) is 1. The van der Waals surface area contributed by atoms with Gasteiger partial charge in [-0.25, -0.2) is 9.18 Å². The highest BCUT2D eigenvalue weighted by molar-refractivity contribution is 6.19. The van der Waals surface area contributed by atoms with E-state index in [-0.39, 0.29) is 50.8 Å². The molecule has 0 aliphatic heterocycles. The van der Waals surface area contributed by atoms with Gasteiger partial charge in [-0.1, -0.05) is 74.0 Å². The SMILES string of the molecule is CC(Cl)OC(=O)OCC=CCOC(=O)C[C@H](O)C[C@H](O)CCn1c(-c2ccc(F)cc2)c(-c2ccccc2)c(C(=O)Nc2ccccc2)c1C(C)C. The monoisotopic (exact) mass is 734 g/mol. The van der Waals surface area contributed by atoms with E-state index in [2.05, 4.69) is 10.1 Å². The first-order chi connectivity index (χ1) is 24.9. The first-order valence-corrected chi connectivity index (χ1v) is 17.5. The molecule has 4 aromatic rings. The van der Waals surface area contributed by atoms with E-state index in [1.807, 2.05) is 66.9 Å². The number of anilines is 1. The Labute approximate surface area is 307 Å². The molecular weight excluding hydrogens is 691 g/mol. The van der Waals surface area contributed by atoms with Crippen LogP contribution in [-0.2, 0) is 25.5 Å². The number of esters is 1. The van der Waals surface area contributed by atoms with Crippen molar-refractivity contribution < 1.29 is 43.2 Å². The Morgan fingerprint density at radius 3 is 2.08 bits per heavy atom. The maximum Gasteiger partial charge on any atom is 0.510 e. The minimum Gasteiger partial charge on any atom is -0.461 e. The summed E-state index contributed by atoms with van der Waals surface area (Å²) in [4.78, 5) is 37.8. The summed E-state index contributed by atoms with van der Waals surface area (Å²) in [5, 5.41) is 24.7. The molecule has 1 amide bonds. The van der Waals surface area contributed by atoms with Crippen molar-refractivity contribution in [1.29, 1.82) is 0 Å². The number of hydrogen-bond acceptors (Lipinski definition) is 8. The minimum atomic E-state index is -1.18. The van der Waals surface area contributed by atoms with Crippen molar-refractivity contribution in [3.63, 3.8) is 0 Å². The third-order valence-corrected chi connectivity index (χ3v) is 8.07. The number of para-hydroxylation sites is 1. The molecule has 0 spiro atoms. The van der Waals surface area contributed by atoms with Gasteiger partial charge in [0, 0.05) is 23.5 Å². The fourth-order valence-electron chi connectivity index (χ4n) is 5.81. The third kappa shape index (κ3) is 11.5. The minimum absolute atomic E-state index is 0.100. The number of aromatic nitrogens is 1. The van der Waals surface area contributed by atoms with Crippen LogP contribution >= 0.6 is 11.6 Å². The van der Waals surface area contributed by atoms with Crippen molar-refractivity contribution >= 4 is 35.3 Å². The molecular formula is C40H44ClFN2O8. The average molecular weight is 735 g/mol. The van der Waals surface area contributed by atoms with Crippen LogP contribution in [0.15, 0.2) is 97.1 Å². The second-order valence-corrected chi connectivity index (χ2v) is 13.0. The van der Waals surface area contributed by atoms with Crippen molar-refractivity contribution in [2.24, 2.45) is 0 Å². The van der Waals surface area contributed by atoms with Crippen LogP contribution in [0, 0.1) is 5.82 Å². The highest BCUT2D eigenvalue weighted by Crippen LogP contribution is 2.42. The maximum atomic E-state index is 14.2. The number of aliphatic hydroxyl groups is 2. The van der Waals surface area contributed by atoms with Gasteiger partial charge >= 0.3 is 12.1 Å². The number of carbonyl (C=O) groups excluding carboxylic acids is 3. The Kier molecular flexibility index (Phi) is 15.0. The predicted molar refractivity (Wildman–Crippen MR) is 197 cm³/mol. The standard InChI is InChI=1S/C40H44ClFN2O8/c1-26(2)37-36(39(48)43-31-14-8-5-9-15-31)35(28-12-6-4-7-13-28)38(29-16-18-30(42)19-17-29)44(37)21-20-32(45)24-33(46)25-34(47)50-22-10-11-23-51-40(49)52-27(3)41/h4-19,26-27,32-33,45-46H,20-25H2,1-3H3,(H,43,48)/t27?,32-,33-/m1/s1. The Balaban J connectivity index is 1.54. The lowest BCUT2D eigenvalue weighted by Crippen LogP contribution is -2.23. The second kappa shape index (κ2) is 19.6. The summed E-state index contributed by atoms with van der Waals surface area (Å²) in [5.41, 5.74) is 3.83. The van der Waals surface area contributed by atoms with Crippen LogP contribution in [0.4, 0.5) is 14.9 Å². The zero-order chi connectivity index (χ0) is 37.6. The molecule has 276 valence electrons. The van der Waals surface area contributed by atoms with Gasteiger partial charge in [-0.2, -0.15) is 0 Å². The molecule has 10 nitrogen and oxygen atoms in total. The smallest absolute Gasteiger partial charge is 0.461 e. The van der Waals surface area contributed by atoms with Gasteiger partial charge in [-0.15, -0.1) is 0 Å². The van der Waals surface area contributed by atoms with E-state index in [1.165, 1.54) is 31.2 Å². The number of carbonyl (C=O) groups is 3. The van der Waals surface area contributed by atoms with Crippen molar-refractivity contribution in [2.45, 2.75) is 70.3 Å². The van der Waals surface area contributed by atoms with Gasteiger partial charge in [0.05, 0.1) is 29.9 Å². The summed E-state index contributed by atoms with van der Waals surface area (Å²) in [6, 6.07) is 24.7. The maximum absolute atomic E-state index is 14.2. The Bertz CT molecular complexity index is 1790. The molecule has 1 unspecified atom stereocenters. The van der Waals surface area contributed by atoms with Crippen molar-refractivity contribution in [3.8, 4) is 22.4 Å². The number of aliphatic hydroxyl groups excluding tert-OH is 2. The number of hydrogen-bond donors (Lipinski definition) is 3. The molecule has 12 heteroatoms.